The van der Waals surface area contributed by atoms with E-state index < -0.39 is 11.7 Å². The summed E-state index contributed by atoms with van der Waals surface area (Å²) in [5, 5.41) is 0. The van der Waals surface area contributed by atoms with Gasteiger partial charge in [0.25, 0.3) is 0 Å². The summed E-state index contributed by atoms with van der Waals surface area (Å²) in [5.41, 5.74) is -0.471. The molecular formula is C12H11Br2F3O2. The number of benzene rings is 1. The van der Waals surface area contributed by atoms with Crippen LogP contribution in [0.4, 0.5) is 13.2 Å². The van der Waals surface area contributed by atoms with Crippen molar-refractivity contribution in [3.05, 3.63) is 32.7 Å². The number of methoxy groups -OCH3 is 1. The second-order valence-corrected chi connectivity index (χ2v) is 6.40. The molecule has 0 aliphatic carbocycles. The fraction of sp³-hybridized carbons (Fsp3) is 0.333. The second-order valence-electron chi connectivity index (χ2n) is 3.62. The third-order valence-electron chi connectivity index (χ3n) is 2.25. The van der Waals surface area contributed by atoms with Gasteiger partial charge in [-0.3, -0.25) is 0 Å². The van der Waals surface area contributed by atoms with E-state index in [1.54, 1.807) is 6.08 Å². The van der Waals surface area contributed by atoms with Gasteiger partial charge in [0.05, 0.1) is 10.5 Å². The fourth-order valence-electron chi connectivity index (χ4n) is 1.51. The molecule has 1 rings (SSSR count). The van der Waals surface area contributed by atoms with Crippen LogP contribution in [0.15, 0.2) is 21.6 Å². The largest absolute Gasteiger partial charge is 0.496 e. The topological polar surface area (TPSA) is 18.5 Å². The third kappa shape index (κ3) is 4.72. The molecule has 1 aromatic carbocycles. The number of hydrogen-bond acceptors (Lipinski definition) is 2. The SMILES string of the molecule is COc1c(C)cc(OCC=C(Br)Br)cc1C(F)(F)F. The van der Waals surface area contributed by atoms with E-state index in [4.69, 9.17) is 9.47 Å². The van der Waals surface area contributed by atoms with Crippen molar-refractivity contribution in [1.29, 1.82) is 0 Å². The molecule has 0 unspecified atom stereocenters. The Kier molecular flexibility index (Phi) is 5.73. The van der Waals surface area contributed by atoms with Crippen molar-refractivity contribution in [2.24, 2.45) is 0 Å². The maximum Gasteiger partial charge on any atom is 0.420 e. The minimum Gasteiger partial charge on any atom is -0.496 e. The summed E-state index contributed by atoms with van der Waals surface area (Å²) in [6.45, 7) is 1.69. The van der Waals surface area contributed by atoms with Crippen molar-refractivity contribution in [1.82, 2.24) is 0 Å². The summed E-state index contributed by atoms with van der Waals surface area (Å²) < 4.78 is 49.4. The van der Waals surface area contributed by atoms with Crippen LogP contribution in [0.25, 0.3) is 0 Å². The van der Waals surface area contributed by atoms with Crippen molar-refractivity contribution < 1.29 is 22.6 Å². The molecule has 0 heterocycles. The van der Waals surface area contributed by atoms with Crippen LogP contribution in [0.1, 0.15) is 11.1 Å². The molecule has 19 heavy (non-hydrogen) atoms. The number of alkyl halides is 3. The normalized spacial score (nSPS) is 11.1. The molecule has 0 aliphatic heterocycles. The zero-order valence-corrected chi connectivity index (χ0v) is 13.3. The van der Waals surface area contributed by atoms with Gasteiger partial charge in [-0.2, -0.15) is 13.2 Å². The maximum absolute atomic E-state index is 12.9. The second kappa shape index (κ2) is 6.65. The summed E-state index contributed by atoms with van der Waals surface area (Å²) in [6.07, 6.45) is -2.85. The molecule has 7 heteroatoms. The first kappa shape index (κ1) is 16.4. The van der Waals surface area contributed by atoms with Crippen LogP contribution in [-0.4, -0.2) is 13.7 Å². The minimum absolute atomic E-state index is 0.142. The molecule has 0 atom stereocenters. The Morgan fingerprint density at radius 3 is 2.42 bits per heavy atom. The van der Waals surface area contributed by atoms with Crippen molar-refractivity contribution in [3.8, 4) is 11.5 Å². The average Bonchev–Trinajstić information content (AvgIpc) is 2.26. The van der Waals surface area contributed by atoms with E-state index in [1.807, 2.05) is 0 Å². The molecule has 0 aliphatic rings. The zero-order valence-electron chi connectivity index (χ0n) is 10.1. The van der Waals surface area contributed by atoms with Crippen LogP contribution in [-0.2, 0) is 6.18 Å². The summed E-state index contributed by atoms with van der Waals surface area (Å²) in [4.78, 5) is 0. The smallest absolute Gasteiger partial charge is 0.420 e. The molecule has 0 amide bonds. The van der Waals surface area contributed by atoms with Crippen LogP contribution < -0.4 is 9.47 Å². The monoisotopic (exact) mass is 402 g/mol. The Balaban J connectivity index is 3.10. The van der Waals surface area contributed by atoms with Crippen LogP contribution in [0.3, 0.4) is 0 Å². The van der Waals surface area contributed by atoms with Gasteiger partial charge in [0.15, 0.2) is 0 Å². The number of aryl methyl sites for hydroxylation is 1. The van der Waals surface area contributed by atoms with E-state index in [0.717, 1.165) is 6.07 Å². The lowest BCUT2D eigenvalue weighted by Gasteiger charge is -2.16. The third-order valence-corrected chi connectivity index (χ3v) is 2.89. The number of ether oxygens (including phenoxy) is 2. The van der Waals surface area contributed by atoms with Gasteiger partial charge in [-0.1, -0.05) is 0 Å². The Morgan fingerprint density at radius 2 is 1.95 bits per heavy atom. The summed E-state index contributed by atoms with van der Waals surface area (Å²) >= 11 is 6.26. The zero-order chi connectivity index (χ0) is 14.6. The Morgan fingerprint density at radius 1 is 1.32 bits per heavy atom. The summed E-state index contributed by atoms with van der Waals surface area (Å²) in [6, 6.07) is 2.44. The molecule has 0 bridgehead atoms. The van der Waals surface area contributed by atoms with Gasteiger partial charge in [-0.05, 0) is 62.6 Å². The Hall–Kier alpha value is -0.690. The van der Waals surface area contributed by atoms with Gasteiger partial charge in [0, 0.05) is 0 Å². The highest BCUT2D eigenvalue weighted by Gasteiger charge is 2.35. The van der Waals surface area contributed by atoms with Crippen LogP contribution in [0.2, 0.25) is 0 Å². The average molecular weight is 404 g/mol. The lowest BCUT2D eigenvalue weighted by Crippen LogP contribution is -2.09. The summed E-state index contributed by atoms with van der Waals surface area (Å²) in [5.74, 6) is -0.0415. The predicted molar refractivity (Wildman–Crippen MR) is 74.2 cm³/mol. The van der Waals surface area contributed by atoms with Crippen LogP contribution in [0, 0.1) is 6.92 Å². The summed E-state index contributed by atoms with van der Waals surface area (Å²) in [7, 11) is 1.21. The van der Waals surface area contributed by atoms with Crippen molar-refractivity contribution in [3.63, 3.8) is 0 Å². The standard InChI is InChI=1S/C12H11Br2F3O2/c1-7-5-8(19-4-3-10(13)14)6-9(11(7)18-2)12(15,16)17/h3,5-6H,4H2,1-2H3. The lowest BCUT2D eigenvalue weighted by molar-refractivity contribution is -0.138. The maximum atomic E-state index is 12.9. The lowest BCUT2D eigenvalue weighted by atomic mass is 10.1. The van der Waals surface area contributed by atoms with E-state index in [9.17, 15) is 13.2 Å². The molecule has 2 nitrogen and oxygen atoms in total. The van der Waals surface area contributed by atoms with Gasteiger partial charge in [0.1, 0.15) is 23.7 Å². The van der Waals surface area contributed by atoms with Crippen molar-refractivity contribution in [2.45, 2.75) is 13.1 Å². The highest BCUT2D eigenvalue weighted by Crippen LogP contribution is 2.40. The molecule has 0 spiro atoms. The number of rotatable bonds is 4. The Labute approximate surface area is 125 Å². The van der Waals surface area contributed by atoms with Gasteiger partial charge in [-0.25, -0.2) is 0 Å². The highest BCUT2D eigenvalue weighted by molar-refractivity contribution is 9.28. The van der Waals surface area contributed by atoms with Crippen LogP contribution in [0.5, 0.6) is 11.5 Å². The van der Waals surface area contributed by atoms with Crippen molar-refractivity contribution >= 4 is 31.9 Å². The first-order valence-electron chi connectivity index (χ1n) is 5.15. The van der Waals surface area contributed by atoms with E-state index in [-0.39, 0.29) is 18.1 Å². The van der Waals surface area contributed by atoms with Gasteiger partial charge in [-0.15, -0.1) is 0 Å². The molecule has 0 radical (unpaired) electrons. The molecule has 0 fully saturated rings. The van der Waals surface area contributed by atoms with Crippen LogP contribution >= 0.6 is 31.9 Å². The first-order valence-corrected chi connectivity index (χ1v) is 6.74. The number of hydrogen-bond donors (Lipinski definition) is 0. The van der Waals surface area contributed by atoms with Crippen molar-refractivity contribution in [2.75, 3.05) is 13.7 Å². The van der Waals surface area contributed by atoms with Gasteiger partial charge in [0.2, 0.25) is 0 Å². The first-order chi connectivity index (χ1) is 8.75. The molecule has 0 saturated heterocycles. The minimum atomic E-state index is -4.48. The molecule has 0 aromatic heterocycles. The Bertz CT molecular complexity index is 481. The molecule has 1 aromatic rings. The quantitative estimate of drug-likeness (QED) is 0.701. The van der Waals surface area contributed by atoms with E-state index >= 15 is 0 Å². The number of halogens is 5. The van der Waals surface area contributed by atoms with Gasteiger partial charge >= 0.3 is 6.18 Å². The van der Waals surface area contributed by atoms with E-state index in [0.29, 0.717) is 8.96 Å². The molecule has 106 valence electrons. The predicted octanol–water partition coefficient (Wildman–Crippen LogP) is 5.03. The van der Waals surface area contributed by atoms with Gasteiger partial charge < -0.3 is 9.47 Å². The molecule has 0 N–H and O–H groups in total. The highest BCUT2D eigenvalue weighted by atomic mass is 79.9. The molecule has 0 saturated carbocycles. The fourth-order valence-corrected chi connectivity index (χ4v) is 1.77. The molecular weight excluding hydrogens is 393 g/mol. The van der Waals surface area contributed by atoms with E-state index in [2.05, 4.69) is 31.9 Å². The van der Waals surface area contributed by atoms with E-state index in [1.165, 1.54) is 20.1 Å².